The van der Waals surface area contributed by atoms with Gasteiger partial charge < -0.3 is 0 Å². The molecule has 0 spiro atoms. The summed E-state index contributed by atoms with van der Waals surface area (Å²) < 4.78 is 0. The average molecular weight is 248 g/mol. The Kier molecular flexibility index (Phi) is 2.83. The molecule has 1 nitrogen and oxygen atoms in total. The molecule has 0 aliphatic heterocycles. The van der Waals surface area contributed by atoms with E-state index in [9.17, 15) is 4.79 Å². The fourth-order valence-electron chi connectivity index (χ4n) is 2.87. The number of carbonyl (C=O) groups is 1. The van der Waals surface area contributed by atoms with Crippen LogP contribution in [0.1, 0.15) is 28.4 Å². The third-order valence-corrected chi connectivity index (χ3v) is 3.87. The van der Waals surface area contributed by atoms with Gasteiger partial charge in [-0.1, -0.05) is 62.0 Å². The molecule has 0 amide bonds. The van der Waals surface area contributed by atoms with Gasteiger partial charge in [-0.2, -0.15) is 0 Å². The van der Waals surface area contributed by atoms with Gasteiger partial charge in [-0.15, -0.1) is 0 Å². The number of Topliss-reactive ketones (excluding diaryl/α,β-unsaturated/α-hetero) is 1. The van der Waals surface area contributed by atoms with Gasteiger partial charge >= 0.3 is 0 Å². The van der Waals surface area contributed by atoms with Gasteiger partial charge in [0.05, 0.1) is 0 Å². The molecule has 3 rings (SSSR count). The zero-order valence-electron chi connectivity index (χ0n) is 11.0. The number of rotatable bonds is 2. The lowest BCUT2D eigenvalue weighted by molar-refractivity contribution is 0.0946. The molecule has 1 heteroatoms. The second-order valence-electron chi connectivity index (χ2n) is 5.09. The summed E-state index contributed by atoms with van der Waals surface area (Å²) in [7, 11) is 0. The SMILES string of the molecule is C=Cc1ccccc1-c1cccc2c1CC(C)C2=O. The van der Waals surface area contributed by atoms with Crippen LogP contribution in [0.25, 0.3) is 17.2 Å². The summed E-state index contributed by atoms with van der Waals surface area (Å²) in [5.74, 6) is 0.375. The normalized spacial score (nSPS) is 17.3. The van der Waals surface area contributed by atoms with Crippen LogP contribution in [0.3, 0.4) is 0 Å². The van der Waals surface area contributed by atoms with E-state index in [0.717, 1.165) is 23.1 Å². The van der Waals surface area contributed by atoms with Crippen LogP contribution in [0.5, 0.6) is 0 Å². The second-order valence-corrected chi connectivity index (χ2v) is 5.09. The standard InChI is InChI=1S/C18H16O/c1-3-13-7-4-5-8-14(13)15-9-6-10-16-17(15)11-12(2)18(16)19/h3-10,12H,1,11H2,2H3. The van der Waals surface area contributed by atoms with E-state index in [1.807, 2.05) is 37.3 Å². The summed E-state index contributed by atoms with van der Waals surface area (Å²) in [5.41, 5.74) is 5.53. The van der Waals surface area contributed by atoms with Gasteiger partial charge in [0.15, 0.2) is 5.78 Å². The Labute approximate surface area is 113 Å². The minimum Gasteiger partial charge on any atom is -0.294 e. The number of benzene rings is 2. The Hall–Kier alpha value is -2.15. The van der Waals surface area contributed by atoms with Crippen LogP contribution >= 0.6 is 0 Å². The first-order chi connectivity index (χ1) is 9.22. The molecular weight excluding hydrogens is 232 g/mol. The van der Waals surface area contributed by atoms with E-state index in [1.165, 1.54) is 11.1 Å². The first-order valence-corrected chi connectivity index (χ1v) is 6.60. The lowest BCUT2D eigenvalue weighted by atomic mass is 9.93. The molecular formula is C18H16O. The Balaban J connectivity index is 2.23. The summed E-state index contributed by atoms with van der Waals surface area (Å²) in [6, 6.07) is 14.2. The van der Waals surface area contributed by atoms with Gasteiger partial charge in [-0.05, 0) is 28.7 Å². The van der Waals surface area contributed by atoms with E-state index in [4.69, 9.17) is 0 Å². The van der Waals surface area contributed by atoms with Crippen LogP contribution in [-0.2, 0) is 6.42 Å². The van der Waals surface area contributed by atoms with E-state index < -0.39 is 0 Å². The van der Waals surface area contributed by atoms with E-state index in [2.05, 4.69) is 24.8 Å². The van der Waals surface area contributed by atoms with Crippen LogP contribution in [0, 0.1) is 5.92 Å². The first kappa shape index (κ1) is 11.9. The molecule has 19 heavy (non-hydrogen) atoms. The highest BCUT2D eigenvalue weighted by Gasteiger charge is 2.29. The lowest BCUT2D eigenvalue weighted by Gasteiger charge is -2.10. The van der Waals surface area contributed by atoms with Crippen molar-refractivity contribution in [3.05, 3.63) is 65.7 Å². The Morgan fingerprint density at radius 1 is 1.05 bits per heavy atom. The zero-order valence-corrected chi connectivity index (χ0v) is 11.0. The Morgan fingerprint density at radius 3 is 2.53 bits per heavy atom. The number of hydrogen-bond donors (Lipinski definition) is 0. The quantitative estimate of drug-likeness (QED) is 0.771. The third-order valence-electron chi connectivity index (χ3n) is 3.87. The smallest absolute Gasteiger partial charge is 0.166 e. The highest BCUT2D eigenvalue weighted by atomic mass is 16.1. The molecule has 2 aromatic carbocycles. The maximum absolute atomic E-state index is 12.1. The molecule has 0 saturated carbocycles. The average Bonchev–Trinajstić information content (AvgIpc) is 2.74. The van der Waals surface area contributed by atoms with Crippen molar-refractivity contribution in [2.24, 2.45) is 5.92 Å². The molecule has 0 fully saturated rings. The molecule has 0 N–H and O–H groups in total. The monoisotopic (exact) mass is 248 g/mol. The van der Waals surface area contributed by atoms with Crippen LogP contribution in [0.15, 0.2) is 49.0 Å². The van der Waals surface area contributed by atoms with Crippen LogP contribution in [0.2, 0.25) is 0 Å². The van der Waals surface area contributed by atoms with Gasteiger partial charge in [0.2, 0.25) is 0 Å². The van der Waals surface area contributed by atoms with Crippen molar-refractivity contribution in [2.75, 3.05) is 0 Å². The Morgan fingerprint density at radius 2 is 1.74 bits per heavy atom. The van der Waals surface area contributed by atoms with Crippen LogP contribution < -0.4 is 0 Å². The predicted molar refractivity (Wildman–Crippen MR) is 79.2 cm³/mol. The predicted octanol–water partition coefficient (Wildman–Crippen LogP) is 4.37. The van der Waals surface area contributed by atoms with Gasteiger partial charge in [-0.3, -0.25) is 4.79 Å². The summed E-state index contributed by atoms with van der Waals surface area (Å²) in [6.07, 6.45) is 2.71. The largest absolute Gasteiger partial charge is 0.294 e. The topological polar surface area (TPSA) is 17.1 Å². The molecule has 1 atom stereocenters. The van der Waals surface area contributed by atoms with Crippen molar-refractivity contribution < 1.29 is 4.79 Å². The molecule has 1 aliphatic carbocycles. The number of ketones is 1. The van der Waals surface area contributed by atoms with Crippen LogP contribution in [0.4, 0.5) is 0 Å². The minimum absolute atomic E-state index is 0.104. The van der Waals surface area contributed by atoms with Crippen molar-refractivity contribution >= 4 is 11.9 Å². The molecule has 94 valence electrons. The summed E-state index contributed by atoms with van der Waals surface area (Å²) >= 11 is 0. The molecule has 0 aromatic heterocycles. The fraction of sp³-hybridized carbons (Fsp3) is 0.167. The summed E-state index contributed by atoms with van der Waals surface area (Å²) in [4.78, 5) is 12.1. The van der Waals surface area contributed by atoms with Crippen molar-refractivity contribution in [2.45, 2.75) is 13.3 Å². The molecule has 1 unspecified atom stereocenters. The van der Waals surface area contributed by atoms with Gasteiger partial charge in [0.1, 0.15) is 0 Å². The number of fused-ring (bicyclic) bond motifs is 1. The van der Waals surface area contributed by atoms with Crippen molar-refractivity contribution in [1.29, 1.82) is 0 Å². The highest BCUT2D eigenvalue weighted by Crippen LogP contribution is 2.36. The van der Waals surface area contributed by atoms with E-state index >= 15 is 0 Å². The van der Waals surface area contributed by atoms with Crippen molar-refractivity contribution in [3.63, 3.8) is 0 Å². The molecule has 1 aliphatic rings. The lowest BCUT2D eigenvalue weighted by Crippen LogP contribution is -2.02. The molecule has 0 saturated heterocycles. The third kappa shape index (κ3) is 1.82. The fourth-order valence-corrected chi connectivity index (χ4v) is 2.87. The minimum atomic E-state index is 0.104. The van der Waals surface area contributed by atoms with Crippen LogP contribution in [-0.4, -0.2) is 5.78 Å². The molecule has 2 aromatic rings. The van der Waals surface area contributed by atoms with E-state index in [1.54, 1.807) is 0 Å². The van der Waals surface area contributed by atoms with E-state index in [0.29, 0.717) is 0 Å². The zero-order chi connectivity index (χ0) is 13.4. The molecule has 0 radical (unpaired) electrons. The number of carbonyl (C=O) groups excluding carboxylic acids is 1. The molecule has 0 bridgehead atoms. The highest BCUT2D eigenvalue weighted by molar-refractivity contribution is 6.04. The summed E-state index contributed by atoms with van der Waals surface area (Å²) in [6.45, 7) is 5.88. The molecule has 0 heterocycles. The van der Waals surface area contributed by atoms with Gasteiger partial charge in [-0.25, -0.2) is 0 Å². The van der Waals surface area contributed by atoms with Gasteiger partial charge in [0, 0.05) is 11.5 Å². The van der Waals surface area contributed by atoms with E-state index in [-0.39, 0.29) is 11.7 Å². The van der Waals surface area contributed by atoms with Crippen molar-refractivity contribution in [1.82, 2.24) is 0 Å². The maximum atomic E-state index is 12.1. The first-order valence-electron chi connectivity index (χ1n) is 6.60. The maximum Gasteiger partial charge on any atom is 0.166 e. The van der Waals surface area contributed by atoms with Gasteiger partial charge in [0.25, 0.3) is 0 Å². The Bertz CT molecular complexity index is 667. The summed E-state index contributed by atoms with van der Waals surface area (Å²) in [5, 5.41) is 0. The number of hydrogen-bond acceptors (Lipinski definition) is 1. The van der Waals surface area contributed by atoms with Crippen molar-refractivity contribution in [3.8, 4) is 11.1 Å². The second kappa shape index (κ2) is 4.51.